The average molecular weight is 472 g/mol. The van der Waals surface area contributed by atoms with Crippen LogP contribution in [0.15, 0.2) is 41.5 Å². The second-order valence-electron chi connectivity index (χ2n) is 5.57. The number of nitrogens with zero attached hydrogens (tertiary/aromatic N) is 2. The van der Waals surface area contributed by atoms with Crippen molar-refractivity contribution in [3.8, 4) is 5.88 Å². The lowest BCUT2D eigenvalue weighted by Crippen LogP contribution is -2.36. The van der Waals surface area contributed by atoms with E-state index in [9.17, 15) is 4.39 Å². The van der Waals surface area contributed by atoms with Crippen molar-refractivity contribution in [1.82, 2.24) is 15.6 Å². The van der Waals surface area contributed by atoms with Crippen LogP contribution in [0.2, 0.25) is 0 Å². The van der Waals surface area contributed by atoms with Crippen LogP contribution in [-0.2, 0) is 13.1 Å². The molecule has 0 aliphatic heterocycles. The summed E-state index contributed by atoms with van der Waals surface area (Å²) in [6.45, 7) is 8.14. The van der Waals surface area contributed by atoms with E-state index in [2.05, 4.69) is 20.6 Å². The molecule has 0 bridgehead atoms. The van der Waals surface area contributed by atoms with E-state index >= 15 is 0 Å². The highest BCUT2D eigenvalue weighted by Crippen LogP contribution is 2.11. The van der Waals surface area contributed by atoms with Gasteiger partial charge < -0.3 is 15.4 Å². The standard InChI is InChI=1S/C19H25FN4O.HI/c1-4-21-19(23-12-15-6-7-17(20)14(3)10-15)24-13-16-8-9-22-18(11-16)25-5-2;/h6-11H,4-5,12-13H2,1-3H3,(H2,21,23,24);1H. The fourth-order valence-corrected chi connectivity index (χ4v) is 2.29. The first kappa shape index (κ1) is 22.1. The van der Waals surface area contributed by atoms with E-state index in [-0.39, 0.29) is 29.8 Å². The molecule has 0 unspecified atom stereocenters. The molecular weight excluding hydrogens is 446 g/mol. The summed E-state index contributed by atoms with van der Waals surface area (Å²) >= 11 is 0. The number of pyridine rings is 1. The second kappa shape index (κ2) is 11.7. The van der Waals surface area contributed by atoms with Gasteiger partial charge in [-0.25, -0.2) is 14.4 Å². The molecule has 2 aromatic rings. The van der Waals surface area contributed by atoms with E-state index in [1.807, 2.05) is 32.0 Å². The number of aryl methyl sites for hydroxylation is 1. The predicted octanol–water partition coefficient (Wildman–Crippen LogP) is 3.80. The number of rotatable bonds is 7. The molecule has 0 aliphatic rings. The van der Waals surface area contributed by atoms with Crippen molar-refractivity contribution >= 4 is 29.9 Å². The van der Waals surface area contributed by atoms with E-state index < -0.39 is 0 Å². The van der Waals surface area contributed by atoms with Gasteiger partial charge >= 0.3 is 0 Å². The molecule has 0 saturated carbocycles. The molecule has 1 heterocycles. The number of aromatic nitrogens is 1. The minimum atomic E-state index is -0.194. The topological polar surface area (TPSA) is 58.5 Å². The van der Waals surface area contributed by atoms with Crippen LogP contribution < -0.4 is 15.4 Å². The van der Waals surface area contributed by atoms with Crippen molar-refractivity contribution in [3.63, 3.8) is 0 Å². The number of guanidine groups is 1. The zero-order chi connectivity index (χ0) is 18.1. The fraction of sp³-hybridized carbons (Fsp3) is 0.368. The number of ether oxygens (including phenoxy) is 1. The Labute approximate surface area is 171 Å². The predicted molar refractivity (Wildman–Crippen MR) is 114 cm³/mol. The number of nitrogens with one attached hydrogen (secondary N) is 2. The molecule has 0 radical (unpaired) electrons. The Morgan fingerprint density at radius 2 is 1.96 bits per heavy atom. The first-order chi connectivity index (χ1) is 12.1. The van der Waals surface area contributed by atoms with Crippen LogP contribution in [0.3, 0.4) is 0 Å². The number of halogens is 2. The SMILES string of the molecule is CCNC(=NCc1ccc(F)c(C)c1)NCc1ccnc(OCC)c1.I. The quantitative estimate of drug-likeness (QED) is 0.366. The summed E-state index contributed by atoms with van der Waals surface area (Å²) < 4.78 is 18.8. The average Bonchev–Trinajstić information content (AvgIpc) is 2.61. The van der Waals surface area contributed by atoms with Gasteiger partial charge in [0.1, 0.15) is 5.82 Å². The third kappa shape index (κ3) is 7.15. The Kier molecular flexibility index (Phi) is 9.93. The summed E-state index contributed by atoms with van der Waals surface area (Å²) in [7, 11) is 0. The van der Waals surface area contributed by atoms with Crippen molar-refractivity contribution in [2.24, 2.45) is 4.99 Å². The highest BCUT2D eigenvalue weighted by Gasteiger charge is 2.02. The van der Waals surface area contributed by atoms with E-state index in [0.29, 0.717) is 37.1 Å². The molecule has 0 atom stereocenters. The van der Waals surface area contributed by atoms with E-state index in [1.54, 1.807) is 19.2 Å². The highest BCUT2D eigenvalue weighted by molar-refractivity contribution is 14.0. The normalized spacial score (nSPS) is 10.8. The van der Waals surface area contributed by atoms with Crippen molar-refractivity contribution in [1.29, 1.82) is 0 Å². The molecule has 142 valence electrons. The monoisotopic (exact) mass is 472 g/mol. The molecule has 5 nitrogen and oxygen atoms in total. The largest absolute Gasteiger partial charge is 0.478 e. The molecule has 26 heavy (non-hydrogen) atoms. The zero-order valence-electron chi connectivity index (χ0n) is 15.4. The van der Waals surface area contributed by atoms with Gasteiger partial charge in [0.2, 0.25) is 5.88 Å². The zero-order valence-corrected chi connectivity index (χ0v) is 17.7. The Morgan fingerprint density at radius 1 is 1.15 bits per heavy atom. The maximum Gasteiger partial charge on any atom is 0.213 e. The third-order valence-corrected chi connectivity index (χ3v) is 3.54. The van der Waals surface area contributed by atoms with Gasteiger partial charge in [0.05, 0.1) is 13.2 Å². The van der Waals surface area contributed by atoms with Crippen LogP contribution >= 0.6 is 24.0 Å². The fourth-order valence-electron chi connectivity index (χ4n) is 2.29. The molecule has 2 N–H and O–H groups in total. The second-order valence-corrected chi connectivity index (χ2v) is 5.57. The van der Waals surface area contributed by atoms with Crippen LogP contribution in [0, 0.1) is 12.7 Å². The summed E-state index contributed by atoms with van der Waals surface area (Å²) in [5, 5.41) is 6.49. The number of hydrogen-bond acceptors (Lipinski definition) is 3. The smallest absolute Gasteiger partial charge is 0.213 e. The Bertz CT molecular complexity index is 724. The first-order valence-corrected chi connectivity index (χ1v) is 8.47. The molecule has 0 aliphatic carbocycles. The number of benzene rings is 1. The lowest BCUT2D eigenvalue weighted by molar-refractivity contribution is 0.326. The van der Waals surface area contributed by atoms with E-state index in [1.165, 1.54) is 6.07 Å². The summed E-state index contributed by atoms with van der Waals surface area (Å²) in [5.41, 5.74) is 2.66. The Morgan fingerprint density at radius 3 is 2.65 bits per heavy atom. The summed E-state index contributed by atoms with van der Waals surface area (Å²) in [5.74, 6) is 1.13. The van der Waals surface area contributed by atoms with Crippen molar-refractivity contribution in [2.45, 2.75) is 33.9 Å². The van der Waals surface area contributed by atoms with Gasteiger partial charge in [0.25, 0.3) is 0 Å². The van der Waals surface area contributed by atoms with Gasteiger partial charge in [-0.05, 0) is 49.6 Å². The van der Waals surface area contributed by atoms with Crippen LogP contribution in [0.5, 0.6) is 5.88 Å². The van der Waals surface area contributed by atoms with Crippen LogP contribution in [0.4, 0.5) is 4.39 Å². The molecule has 2 rings (SSSR count). The van der Waals surface area contributed by atoms with Gasteiger partial charge in [-0.3, -0.25) is 0 Å². The van der Waals surface area contributed by atoms with Crippen molar-refractivity contribution < 1.29 is 9.13 Å². The maximum atomic E-state index is 13.3. The summed E-state index contributed by atoms with van der Waals surface area (Å²) in [6, 6.07) is 8.89. The van der Waals surface area contributed by atoms with Crippen LogP contribution in [0.1, 0.15) is 30.5 Å². The van der Waals surface area contributed by atoms with Gasteiger partial charge in [-0.1, -0.05) is 12.1 Å². The molecule has 0 saturated heterocycles. The maximum absolute atomic E-state index is 13.3. The molecule has 1 aromatic heterocycles. The minimum Gasteiger partial charge on any atom is -0.478 e. The van der Waals surface area contributed by atoms with Crippen LogP contribution in [-0.4, -0.2) is 24.1 Å². The van der Waals surface area contributed by atoms with E-state index in [4.69, 9.17) is 4.74 Å². The van der Waals surface area contributed by atoms with Gasteiger partial charge in [-0.2, -0.15) is 0 Å². The molecule has 0 fully saturated rings. The Hall–Kier alpha value is -1.90. The summed E-state index contributed by atoms with van der Waals surface area (Å²) in [6.07, 6.45) is 1.73. The molecule has 0 spiro atoms. The Balaban J connectivity index is 0.00000338. The number of aliphatic imine (C=N–C) groups is 1. The molecule has 0 amide bonds. The molecule has 1 aromatic carbocycles. The van der Waals surface area contributed by atoms with E-state index in [0.717, 1.165) is 17.7 Å². The lowest BCUT2D eigenvalue weighted by Gasteiger charge is -2.12. The first-order valence-electron chi connectivity index (χ1n) is 8.47. The van der Waals surface area contributed by atoms with Gasteiger partial charge in [-0.15, -0.1) is 24.0 Å². The molecular formula is C19H26FIN4O. The van der Waals surface area contributed by atoms with Crippen molar-refractivity contribution in [2.75, 3.05) is 13.2 Å². The number of hydrogen-bond donors (Lipinski definition) is 2. The van der Waals surface area contributed by atoms with Gasteiger partial charge in [0, 0.05) is 25.4 Å². The highest BCUT2D eigenvalue weighted by atomic mass is 127. The van der Waals surface area contributed by atoms with Crippen LogP contribution in [0.25, 0.3) is 0 Å². The lowest BCUT2D eigenvalue weighted by atomic mass is 10.1. The molecule has 7 heteroatoms. The van der Waals surface area contributed by atoms with Gasteiger partial charge in [0.15, 0.2) is 5.96 Å². The summed E-state index contributed by atoms with van der Waals surface area (Å²) in [4.78, 5) is 8.71. The third-order valence-electron chi connectivity index (χ3n) is 3.54. The van der Waals surface area contributed by atoms with Crippen molar-refractivity contribution in [3.05, 3.63) is 59.0 Å². The minimum absolute atomic E-state index is 0.